The van der Waals surface area contributed by atoms with E-state index in [0.717, 1.165) is 5.56 Å². The molecule has 0 radical (unpaired) electrons. The van der Waals surface area contributed by atoms with E-state index in [9.17, 15) is 18.0 Å². The number of carbonyl (C=O) groups is 1. The lowest BCUT2D eigenvalue weighted by atomic mass is 10.1. The Kier molecular flexibility index (Phi) is 5.18. The molecule has 4 aromatic rings. The molecular weight excluding hydrogens is 395 g/mol. The number of amides is 1. The average Bonchev–Trinajstić information content (AvgIpc) is 3.11. The number of alkyl halides is 3. The number of hydrogen-bond donors (Lipinski definition) is 2. The first-order valence-corrected chi connectivity index (χ1v) is 9.18. The van der Waals surface area contributed by atoms with E-state index in [0.29, 0.717) is 17.8 Å². The molecule has 4 aromatic heterocycles. The van der Waals surface area contributed by atoms with Crippen molar-refractivity contribution in [3.8, 4) is 0 Å². The van der Waals surface area contributed by atoms with Gasteiger partial charge in [-0.25, -0.2) is 9.97 Å². The summed E-state index contributed by atoms with van der Waals surface area (Å²) in [7, 11) is 0. The fourth-order valence-electron chi connectivity index (χ4n) is 3.26. The van der Waals surface area contributed by atoms with Crippen molar-refractivity contribution in [3.63, 3.8) is 0 Å². The quantitative estimate of drug-likeness (QED) is 0.494. The van der Waals surface area contributed by atoms with Crippen molar-refractivity contribution in [1.82, 2.24) is 15.3 Å². The van der Waals surface area contributed by atoms with Crippen LogP contribution in [0.5, 0.6) is 0 Å². The minimum absolute atomic E-state index is 0.0516. The number of H-pyrrole nitrogens is 2. The smallest absolute Gasteiger partial charge is 0.332 e. The van der Waals surface area contributed by atoms with Crippen LogP contribution in [-0.4, -0.2) is 22.1 Å². The van der Waals surface area contributed by atoms with Gasteiger partial charge in [0.1, 0.15) is 0 Å². The summed E-state index contributed by atoms with van der Waals surface area (Å²) < 4.78 is 42.6. The van der Waals surface area contributed by atoms with Gasteiger partial charge in [-0.05, 0) is 30.3 Å². The Morgan fingerprint density at radius 1 is 1.17 bits per heavy atom. The fraction of sp³-hybridized carbons (Fsp3) is 0.143. The van der Waals surface area contributed by atoms with Gasteiger partial charge >= 0.3 is 6.18 Å². The molecule has 30 heavy (non-hydrogen) atoms. The number of rotatable bonds is 5. The normalized spacial score (nSPS) is 12.6. The molecule has 1 amide bonds. The first kappa shape index (κ1) is 19.6. The van der Waals surface area contributed by atoms with Crippen molar-refractivity contribution in [2.24, 2.45) is 0 Å². The number of fused-ring (bicyclic) bond motifs is 1. The largest absolute Gasteiger partial charge is 0.414 e. The lowest BCUT2D eigenvalue weighted by Crippen LogP contribution is -2.39. The molecule has 0 fully saturated rings. The molecule has 0 aromatic carbocycles. The van der Waals surface area contributed by atoms with Gasteiger partial charge in [-0.15, -0.1) is 0 Å². The van der Waals surface area contributed by atoms with Crippen LogP contribution in [-0.2, 0) is 6.42 Å². The number of nitrogens with one attached hydrogen (secondary N) is 3. The molecule has 1 unspecified atom stereocenters. The maximum atomic E-state index is 13.6. The third-order valence-electron chi connectivity index (χ3n) is 4.63. The zero-order valence-electron chi connectivity index (χ0n) is 15.6. The van der Waals surface area contributed by atoms with E-state index in [2.05, 4.69) is 20.3 Å². The van der Waals surface area contributed by atoms with Crippen LogP contribution >= 0.6 is 0 Å². The second-order valence-electron chi connectivity index (χ2n) is 6.69. The summed E-state index contributed by atoms with van der Waals surface area (Å²) in [6.45, 7) is 0. The Hall–Kier alpha value is -3.75. The van der Waals surface area contributed by atoms with E-state index in [1.165, 1.54) is 24.4 Å². The molecule has 0 bridgehead atoms. The molecule has 3 N–H and O–H groups in total. The average molecular weight is 413 g/mol. The predicted molar refractivity (Wildman–Crippen MR) is 100 cm³/mol. The Morgan fingerprint density at radius 3 is 2.70 bits per heavy atom. The monoisotopic (exact) mass is 413 g/mol. The number of hydrogen-bond acceptors (Lipinski definition) is 2. The van der Waals surface area contributed by atoms with Crippen molar-refractivity contribution in [2.45, 2.75) is 18.6 Å². The number of carbonyl (C=O) groups excluding carboxylic acids is 1. The number of aromatic amines is 2. The van der Waals surface area contributed by atoms with Crippen LogP contribution in [0.15, 0.2) is 73.3 Å². The van der Waals surface area contributed by atoms with E-state index in [4.69, 9.17) is 0 Å². The molecule has 0 spiro atoms. The van der Waals surface area contributed by atoms with Gasteiger partial charge in [-0.2, -0.15) is 17.6 Å². The second-order valence-corrected chi connectivity index (χ2v) is 6.69. The van der Waals surface area contributed by atoms with E-state index in [-0.39, 0.29) is 11.4 Å². The Bertz CT molecular complexity index is 1160. The Morgan fingerprint density at radius 2 is 2.00 bits per heavy atom. The number of halogens is 3. The van der Waals surface area contributed by atoms with E-state index in [1.54, 1.807) is 35.0 Å². The maximum Gasteiger partial charge on any atom is 0.414 e. The fourth-order valence-corrected chi connectivity index (χ4v) is 3.26. The van der Waals surface area contributed by atoms with E-state index in [1.807, 2.05) is 18.3 Å². The Balaban J connectivity index is 1.69. The molecule has 152 valence electrons. The summed E-state index contributed by atoms with van der Waals surface area (Å²) in [6, 6.07) is 10.9. The maximum absolute atomic E-state index is 13.6. The van der Waals surface area contributed by atoms with Gasteiger partial charge in [-0.3, -0.25) is 9.78 Å². The summed E-state index contributed by atoms with van der Waals surface area (Å²) in [4.78, 5) is 22.6. The van der Waals surface area contributed by atoms with Crippen LogP contribution in [0.25, 0.3) is 5.52 Å². The van der Waals surface area contributed by atoms with Gasteiger partial charge in [0.25, 0.3) is 11.7 Å². The van der Waals surface area contributed by atoms with Gasteiger partial charge in [0.2, 0.25) is 5.69 Å². The minimum Gasteiger partial charge on any atom is -0.332 e. The van der Waals surface area contributed by atoms with Gasteiger partial charge < -0.3 is 5.32 Å². The van der Waals surface area contributed by atoms with E-state index < -0.39 is 18.1 Å². The molecule has 4 rings (SSSR count). The molecule has 9 heteroatoms. The molecule has 0 saturated heterocycles. The molecule has 0 aliphatic heterocycles. The number of pyridine rings is 3. The molecule has 1 atom stereocenters. The van der Waals surface area contributed by atoms with Gasteiger partial charge in [-0.1, -0.05) is 12.1 Å². The summed E-state index contributed by atoms with van der Waals surface area (Å²) in [6.07, 6.45) is 2.37. The van der Waals surface area contributed by atoms with Gasteiger partial charge in [0.05, 0.1) is 18.3 Å². The summed E-state index contributed by atoms with van der Waals surface area (Å²) in [5.74, 6) is -0.200. The van der Waals surface area contributed by atoms with Crippen molar-refractivity contribution in [2.75, 3.05) is 0 Å². The zero-order valence-corrected chi connectivity index (χ0v) is 15.6. The van der Waals surface area contributed by atoms with Crippen molar-refractivity contribution in [1.29, 1.82) is 0 Å². The lowest BCUT2D eigenvalue weighted by molar-refractivity contribution is -0.520. The van der Waals surface area contributed by atoms with Crippen LogP contribution in [0.3, 0.4) is 0 Å². The zero-order chi connectivity index (χ0) is 21.1. The van der Waals surface area contributed by atoms with Crippen LogP contribution in [0.1, 0.15) is 33.6 Å². The predicted octanol–water partition coefficient (Wildman–Crippen LogP) is 2.59. The summed E-state index contributed by atoms with van der Waals surface area (Å²) in [5.41, 5.74) is 1.20. The lowest BCUT2D eigenvalue weighted by Gasteiger charge is -2.20. The molecule has 6 nitrogen and oxygen atoms in total. The standard InChI is InChI=1S/C21H16F3N5O/c22-21(23,24)19(15-7-1-3-10-26-15)28-20(30)18-16-8-2-4-11-29(16)17(27-18)12-14-6-5-9-25-13-14/h1-11,13,19H,12H2,(H,28,30)/p+2. The van der Waals surface area contributed by atoms with Crippen LogP contribution in [0.4, 0.5) is 13.2 Å². The SMILES string of the molecule is O=C(NC(c1ccccn1)C(F)(F)F)c1[nH]c(Cc2ccc[nH+]c2)[n+]2ccccc12. The third-order valence-corrected chi connectivity index (χ3v) is 4.63. The minimum atomic E-state index is -4.69. The number of imidazole rings is 1. The number of nitrogens with zero attached hydrogens (tertiary/aromatic N) is 2. The van der Waals surface area contributed by atoms with Crippen LogP contribution in [0, 0.1) is 0 Å². The summed E-state index contributed by atoms with van der Waals surface area (Å²) >= 11 is 0. The highest BCUT2D eigenvalue weighted by molar-refractivity contribution is 5.98. The molecule has 4 heterocycles. The van der Waals surface area contributed by atoms with Crippen molar-refractivity contribution in [3.05, 3.63) is 96.1 Å². The van der Waals surface area contributed by atoms with Crippen molar-refractivity contribution < 1.29 is 27.4 Å². The molecular formula is C21H18F3N5O+2. The van der Waals surface area contributed by atoms with E-state index >= 15 is 0 Å². The van der Waals surface area contributed by atoms with Gasteiger partial charge in [0.15, 0.2) is 24.0 Å². The molecule has 0 saturated carbocycles. The molecule has 0 aliphatic carbocycles. The van der Waals surface area contributed by atoms with Crippen LogP contribution in [0.2, 0.25) is 0 Å². The van der Waals surface area contributed by atoms with Crippen LogP contribution < -0.4 is 14.7 Å². The topological polar surface area (TPSA) is 76.0 Å². The van der Waals surface area contributed by atoms with Crippen molar-refractivity contribution >= 4 is 11.4 Å². The molecule has 0 aliphatic rings. The number of aromatic nitrogens is 4. The first-order chi connectivity index (χ1) is 14.4. The highest BCUT2D eigenvalue weighted by Gasteiger charge is 2.43. The Labute approximate surface area is 169 Å². The highest BCUT2D eigenvalue weighted by Crippen LogP contribution is 2.31. The third kappa shape index (κ3) is 4.00. The first-order valence-electron chi connectivity index (χ1n) is 9.18. The summed E-state index contributed by atoms with van der Waals surface area (Å²) in [5, 5.41) is 2.08. The second kappa shape index (κ2) is 7.94. The highest BCUT2D eigenvalue weighted by atomic mass is 19.4. The van der Waals surface area contributed by atoms with Gasteiger partial charge in [0, 0.05) is 17.8 Å².